The van der Waals surface area contributed by atoms with Crippen LogP contribution in [0.1, 0.15) is 15.9 Å². The van der Waals surface area contributed by atoms with E-state index in [0.29, 0.717) is 6.54 Å². The number of carboxylic acids is 1. The molecule has 0 aliphatic rings. The topological polar surface area (TPSA) is 59.3 Å². The molecule has 1 heterocycles. The van der Waals surface area contributed by atoms with Gasteiger partial charge in [0.05, 0.1) is 12.1 Å². The summed E-state index contributed by atoms with van der Waals surface area (Å²) in [7, 11) is 0. The SMILES string of the molecule is O=C(O)c1ccc(=O)n(Cc2ccc(Br)cc2)c1. The highest BCUT2D eigenvalue weighted by molar-refractivity contribution is 9.10. The Balaban J connectivity index is 2.33. The van der Waals surface area contributed by atoms with Crippen molar-refractivity contribution in [1.82, 2.24) is 4.57 Å². The Morgan fingerprint density at radius 3 is 2.44 bits per heavy atom. The van der Waals surface area contributed by atoms with Gasteiger partial charge in [0.2, 0.25) is 0 Å². The first-order valence-electron chi connectivity index (χ1n) is 5.24. The molecule has 0 spiro atoms. The molecule has 0 bridgehead atoms. The molecule has 0 aliphatic heterocycles. The van der Waals surface area contributed by atoms with E-state index in [-0.39, 0.29) is 11.1 Å². The summed E-state index contributed by atoms with van der Waals surface area (Å²) in [6, 6.07) is 10.1. The molecule has 0 fully saturated rings. The average molecular weight is 308 g/mol. The number of nitrogens with zero attached hydrogens (tertiary/aromatic N) is 1. The fraction of sp³-hybridized carbons (Fsp3) is 0.0769. The number of rotatable bonds is 3. The van der Waals surface area contributed by atoms with Crippen LogP contribution < -0.4 is 5.56 Å². The molecule has 1 aromatic heterocycles. The van der Waals surface area contributed by atoms with Gasteiger partial charge in [0.25, 0.3) is 5.56 Å². The van der Waals surface area contributed by atoms with Crippen LogP contribution in [0.2, 0.25) is 0 Å². The van der Waals surface area contributed by atoms with Gasteiger partial charge in [0, 0.05) is 16.7 Å². The Morgan fingerprint density at radius 2 is 1.83 bits per heavy atom. The number of aromatic carboxylic acids is 1. The predicted molar refractivity (Wildman–Crippen MR) is 70.9 cm³/mol. The highest BCUT2D eigenvalue weighted by Gasteiger charge is 2.05. The molecule has 2 aromatic rings. The van der Waals surface area contributed by atoms with Gasteiger partial charge in [-0.05, 0) is 23.8 Å². The van der Waals surface area contributed by atoms with Crippen molar-refractivity contribution in [3.63, 3.8) is 0 Å². The fourth-order valence-corrected chi connectivity index (χ4v) is 1.83. The van der Waals surface area contributed by atoms with E-state index in [4.69, 9.17) is 5.11 Å². The van der Waals surface area contributed by atoms with E-state index in [0.717, 1.165) is 10.0 Å². The molecule has 0 unspecified atom stereocenters. The van der Waals surface area contributed by atoms with Crippen molar-refractivity contribution in [2.45, 2.75) is 6.54 Å². The summed E-state index contributed by atoms with van der Waals surface area (Å²) < 4.78 is 2.34. The van der Waals surface area contributed by atoms with Gasteiger partial charge in [-0.1, -0.05) is 28.1 Å². The lowest BCUT2D eigenvalue weighted by Gasteiger charge is -2.06. The van der Waals surface area contributed by atoms with Crippen LogP contribution >= 0.6 is 15.9 Å². The Labute approximate surface area is 112 Å². The van der Waals surface area contributed by atoms with E-state index in [9.17, 15) is 9.59 Å². The molecule has 2 rings (SSSR count). The van der Waals surface area contributed by atoms with Crippen molar-refractivity contribution in [2.24, 2.45) is 0 Å². The zero-order valence-corrected chi connectivity index (χ0v) is 10.9. The second-order valence-corrected chi connectivity index (χ2v) is 4.73. The lowest BCUT2D eigenvalue weighted by Crippen LogP contribution is -2.20. The summed E-state index contributed by atoms with van der Waals surface area (Å²) >= 11 is 3.33. The van der Waals surface area contributed by atoms with Crippen LogP contribution in [-0.2, 0) is 6.54 Å². The summed E-state index contributed by atoms with van der Waals surface area (Å²) in [6.45, 7) is 0.354. The summed E-state index contributed by atoms with van der Waals surface area (Å²) in [4.78, 5) is 22.5. The van der Waals surface area contributed by atoms with Crippen molar-refractivity contribution in [1.29, 1.82) is 0 Å². The zero-order chi connectivity index (χ0) is 13.1. The molecule has 0 saturated heterocycles. The van der Waals surface area contributed by atoms with Crippen molar-refractivity contribution >= 4 is 21.9 Å². The summed E-state index contributed by atoms with van der Waals surface area (Å²) in [5.74, 6) is -1.04. The maximum atomic E-state index is 11.6. The molecule has 5 heteroatoms. The number of benzene rings is 1. The van der Waals surface area contributed by atoms with Crippen molar-refractivity contribution in [3.8, 4) is 0 Å². The lowest BCUT2D eigenvalue weighted by atomic mass is 10.2. The van der Waals surface area contributed by atoms with Crippen LogP contribution in [0.15, 0.2) is 51.9 Å². The molecule has 0 atom stereocenters. The summed E-state index contributed by atoms with van der Waals surface area (Å²) in [5, 5.41) is 8.88. The molecule has 0 radical (unpaired) electrons. The number of carbonyl (C=O) groups is 1. The molecule has 92 valence electrons. The summed E-state index contributed by atoms with van der Waals surface area (Å²) in [6.07, 6.45) is 1.35. The largest absolute Gasteiger partial charge is 0.478 e. The van der Waals surface area contributed by atoms with Gasteiger partial charge in [-0.25, -0.2) is 4.79 Å². The smallest absolute Gasteiger partial charge is 0.337 e. The first-order valence-corrected chi connectivity index (χ1v) is 6.04. The normalized spacial score (nSPS) is 10.3. The van der Waals surface area contributed by atoms with Gasteiger partial charge in [-0.3, -0.25) is 4.79 Å². The molecule has 1 aromatic carbocycles. The van der Waals surface area contributed by atoms with Gasteiger partial charge in [0.15, 0.2) is 0 Å². The molecular weight excluding hydrogens is 298 g/mol. The molecule has 0 aliphatic carbocycles. The van der Waals surface area contributed by atoms with E-state index >= 15 is 0 Å². The minimum Gasteiger partial charge on any atom is -0.478 e. The van der Waals surface area contributed by atoms with Gasteiger partial charge >= 0.3 is 5.97 Å². The van der Waals surface area contributed by atoms with Crippen LogP contribution in [0.4, 0.5) is 0 Å². The van der Waals surface area contributed by atoms with Crippen LogP contribution in [0.5, 0.6) is 0 Å². The lowest BCUT2D eigenvalue weighted by molar-refractivity contribution is 0.0696. The first kappa shape index (κ1) is 12.6. The van der Waals surface area contributed by atoms with Crippen LogP contribution in [0.25, 0.3) is 0 Å². The number of carboxylic acid groups (broad SMARTS) is 1. The predicted octanol–water partition coefficient (Wildman–Crippen LogP) is 2.36. The fourth-order valence-electron chi connectivity index (χ4n) is 1.57. The van der Waals surface area contributed by atoms with Crippen LogP contribution in [0, 0.1) is 0 Å². The highest BCUT2D eigenvalue weighted by atomic mass is 79.9. The minimum absolute atomic E-state index is 0.103. The number of halogens is 1. The number of pyridine rings is 1. The van der Waals surface area contributed by atoms with Crippen LogP contribution in [-0.4, -0.2) is 15.6 Å². The third-order valence-corrected chi connectivity index (χ3v) is 3.03. The van der Waals surface area contributed by atoms with Gasteiger partial charge in [0.1, 0.15) is 0 Å². The van der Waals surface area contributed by atoms with Crippen molar-refractivity contribution < 1.29 is 9.90 Å². The molecule has 1 N–H and O–H groups in total. The van der Waals surface area contributed by atoms with E-state index in [1.807, 2.05) is 24.3 Å². The molecule has 4 nitrogen and oxygen atoms in total. The second kappa shape index (κ2) is 5.18. The highest BCUT2D eigenvalue weighted by Crippen LogP contribution is 2.11. The Kier molecular flexibility index (Phi) is 3.62. The number of hydrogen-bond donors (Lipinski definition) is 1. The van der Waals surface area contributed by atoms with E-state index in [1.165, 1.54) is 22.9 Å². The van der Waals surface area contributed by atoms with E-state index in [2.05, 4.69) is 15.9 Å². The van der Waals surface area contributed by atoms with Crippen molar-refractivity contribution in [2.75, 3.05) is 0 Å². The first-order chi connectivity index (χ1) is 8.56. The standard InChI is InChI=1S/C13H10BrNO3/c14-11-4-1-9(2-5-11)7-15-8-10(13(17)18)3-6-12(15)16/h1-6,8H,7H2,(H,17,18). The quantitative estimate of drug-likeness (QED) is 0.947. The third-order valence-electron chi connectivity index (χ3n) is 2.50. The van der Waals surface area contributed by atoms with Crippen LogP contribution in [0.3, 0.4) is 0 Å². The molecule has 0 saturated carbocycles. The number of aromatic nitrogens is 1. The maximum Gasteiger partial charge on any atom is 0.337 e. The van der Waals surface area contributed by atoms with Gasteiger partial charge in [-0.2, -0.15) is 0 Å². The minimum atomic E-state index is -1.04. The zero-order valence-electron chi connectivity index (χ0n) is 9.34. The average Bonchev–Trinajstić information content (AvgIpc) is 2.34. The van der Waals surface area contributed by atoms with E-state index in [1.54, 1.807) is 0 Å². The molecule has 18 heavy (non-hydrogen) atoms. The van der Waals surface area contributed by atoms with Gasteiger partial charge in [-0.15, -0.1) is 0 Å². The monoisotopic (exact) mass is 307 g/mol. The second-order valence-electron chi connectivity index (χ2n) is 3.82. The van der Waals surface area contributed by atoms with Crippen molar-refractivity contribution in [3.05, 3.63) is 68.5 Å². The number of hydrogen-bond acceptors (Lipinski definition) is 2. The van der Waals surface area contributed by atoms with Gasteiger partial charge < -0.3 is 9.67 Å². The van der Waals surface area contributed by atoms with E-state index < -0.39 is 5.97 Å². The Bertz CT molecular complexity index is 631. The third kappa shape index (κ3) is 2.87. The Morgan fingerprint density at radius 1 is 1.17 bits per heavy atom. The molecular formula is C13H10BrNO3. The summed E-state index contributed by atoms with van der Waals surface area (Å²) in [5.41, 5.74) is 0.817. The molecule has 0 amide bonds. The Hall–Kier alpha value is -1.88. The maximum absolute atomic E-state index is 11.6.